The molecule has 0 saturated heterocycles. The van der Waals surface area contributed by atoms with Gasteiger partial charge in [0.15, 0.2) is 17.5 Å². The van der Waals surface area contributed by atoms with E-state index in [2.05, 4.69) is 10.5 Å². The van der Waals surface area contributed by atoms with Gasteiger partial charge < -0.3 is 9.84 Å². The van der Waals surface area contributed by atoms with Crippen molar-refractivity contribution in [1.82, 2.24) is 5.16 Å². The van der Waals surface area contributed by atoms with Crippen molar-refractivity contribution in [2.45, 2.75) is 20.3 Å². The lowest BCUT2D eigenvalue weighted by atomic mass is 10.2. The highest BCUT2D eigenvalue weighted by Crippen LogP contribution is 2.16. The maximum Gasteiger partial charge on any atom is 0.226 e. The summed E-state index contributed by atoms with van der Waals surface area (Å²) in [5.74, 6) is -1.92. The normalized spacial score (nSPS) is 10.4. The molecule has 122 valence electrons. The molecule has 0 fully saturated rings. The van der Waals surface area contributed by atoms with Gasteiger partial charge in [0.1, 0.15) is 5.76 Å². The van der Waals surface area contributed by atoms with E-state index in [1.54, 1.807) is 13.0 Å². The standard InChI is InChI=1S/C15H15F2N3O3/c1-9-7-14(19-23-9)20(10(2)21)6-5-15(22)18-11-3-4-12(16)13(17)8-11/h3-4,7-8H,5-6H2,1-2H3,(H,18,22). The van der Waals surface area contributed by atoms with Gasteiger partial charge in [-0.15, -0.1) is 0 Å². The van der Waals surface area contributed by atoms with Crippen LogP contribution >= 0.6 is 0 Å². The first-order valence-corrected chi connectivity index (χ1v) is 6.83. The largest absolute Gasteiger partial charge is 0.360 e. The summed E-state index contributed by atoms with van der Waals surface area (Å²) >= 11 is 0. The fraction of sp³-hybridized carbons (Fsp3) is 0.267. The minimum Gasteiger partial charge on any atom is -0.360 e. The second-order valence-corrected chi connectivity index (χ2v) is 4.89. The summed E-state index contributed by atoms with van der Waals surface area (Å²) in [7, 11) is 0. The van der Waals surface area contributed by atoms with Crippen molar-refractivity contribution in [2.24, 2.45) is 0 Å². The van der Waals surface area contributed by atoms with E-state index in [4.69, 9.17) is 4.52 Å². The van der Waals surface area contributed by atoms with Gasteiger partial charge in [-0.1, -0.05) is 5.16 Å². The molecule has 6 nitrogen and oxygen atoms in total. The monoisotopic (exact) mass is 323 g/mol. The minimum absolute atomic E-state index is 0.0372. The van der Waals surface area contributed by atoms with Gasteiger partial charge in [0, 0.05) is 37.7 Å². The van der Waals surface area contributed by atoms with Crippen LogP contribution in [-0.2, 0) is 9.59 Å². The Kier molecular flexibility index (Phi) is 5.05. The fourth-order valence-corrected chi connectivity index (χ4v) is 1.92. The summed E-state index contributed by atoms with van der Waals surface area (Å²) < 4.78 is 30.8. The molecule has 0 aliphatic heterocycles. The maximum absolute atomic E-state index is 13.1. The average Bonchev–Trinajstić information content (AvgIpc) is 2.89. The Bertz CT molecular complexity index is 731. The lowest BCUT2D eigenvalue weighted by Crippen LogP contribution is -2.32. The molecule has 2 rings (SSSR count). The van der Waals surface area contributed by atoms with Crippen molar-refractivity contribution in [3.8, 4) is 0 Å². The van der Waals surface area contributed by atoms with Gasteiger partial charge in [-0.05, 0) is 19.1 Å². The number of nitrogens with one attached hydrogen (secondary N) is 1. The molecule has 0 spiro atoms. The van der Waals surface area contributed by atoms with Crippen LogP contribution in [0.25, 0.3) is 0 Å². The van der Waals surface area contributed by atoms with Crippen LogP contribution in [0, 0.1) is 18.6 Å². The average molecular weight is 323 g/mol. The van der Waals surface area contributed by atoms with E-state index in [0.29, 0.717) is 11.6 Å². The van der Waals surface area contributed by atoms with Gasteiger partial charge in [-0.25, -0.2) is 8.78 Å². The van der Waals surface area contributed by atoms with Gasteiger partial charge in [0.2, 0.25) is 11.8 Å². The number of aryl methyl sites for hydroxylation is 1. The Morgan fingerprint density at radius 3 is 2.57 bits per heavy atom. The molecule has 0 atom stereocenters. The molecule has 23 heavy (non-hydrogen) atoms. The van der Waals surface area contributed by atoms with E-state index in [0.717, 1.165) is 12.1 Å². The number of carbonyl (C=O) groups excluding carboxylic acids is 2. The lowest BCUT2D eigenvalue weighted by molar-refractivity contribution is -0.117. The minimum atomic E-state index is -1.05. The zero-order valence-electron chi connectivity index (χ0n) is 12.6. The van der Waals surface area contributed by atoms with E-state index >= 15 is 0 Å². The van der Waals surface area contributed by atoms with E-state index < -0.39 is 17.5 Å². The topological polar surface area (TPSA) is 75.4 Å². The third-order valence-corrected chi connectivity index (χ3v) is 3.04. The zero-order valence-corrected chi connectivity index (χ0v) is 12.6. The summed E-state index contributed by atoms with van der Waals surface area (Å²) in [6, 6.07) is 4.64. The first-order valence-electron chi connectivity index (χ1n) is 6.83. The fourth-order valence-electron chi connectivity index (χ4n) is 1.92. The Labute approximate surface area is 131 Å². The summed E-state index contributed by atoms with van der Waals surface area (Å²) in [6.07, 6.45) is -0.0372. The number of rotatable bonds is 5. The van der Waals surface area contributed by atoms with Gasteiger partial charge in [0.05, 0.1) is 0 Å². The predicted molar refractivity (Wildman–Crippen MR) is 78.9 cm³/mol. The van der Waals surface area contributed by atoms with Crippen LogP contribution in [0.4, 0.5) is 20.3 Å². The quantitative estimate of drug-likeness (QED) is 0.918. The molecule has 2 aromatic rings. The summed E-state index contributed by atoms with van der Waals surface area (Å²) in [6.45, 7) is 3.11. The van der Waals surface area contributed by atoms with Crippen molar-refractivity contribution < 1.29 is 22.9 Å². The van der Waals surface area contributed by atoms with Gasteiger partial charge in [0.25, 0.3) is 0 Å². The molecule has 1 aromatic carbocycles. The van der Waals surface area contributed by atoms with Crippen molar-refractivity contribution >= 4 is 23.3 Å². The molecular weight excluding hydrogens is 308 g/mol. The summed E-state index contributed by atoms with van der Waals surface area (Å²) in [5.41, 5.74) is 0.139. The Morgan fingerprint density at radius 1 is 1.26 bits per heavy atom. The van der Waals surface area contributed by atoms with E-state index in [1.807, 2.05) is 0 Å². The van der Waals surface area contributed by atoms with Crippen LogP contribution in [0.15, 0.2) is 28.8 Å². The van der Waals surface area contributed by atoms with E-state index in [9.17, 15) is 18.4 Å². The molecule has 8 heteroatoms. The first kappa shape index (κ1) is 16.6. The molecule has 0 aliphatic carbocycles. The Balaban J connectivity index is 1.96. The lowest BCUT2D eigenvalue weighted by Gasteiger charge is -2.17. The molecule has 0 saturated carbocycles. The van der Waals surface area contributed by atoms with Gasteiger partial charge in [-0.3, -0.25) is 14.5 Å². The van der Waals surface area contributed by atoms with Crippen LogP contribution in [0.2, 0.25) is 0 Å². The van der Waals surface area contributed by atoms with Gasteiger partial charge >= 0.3 is 0 Å². The second kappa shape index (κ2) is 6.99. The second-order valence-electron chi connectivity index (χ2n) is 4.89. The van der Waals surface area contributed by atoms with Crippen molar-refractivity contribution in [3.63, 3.8) is 0 Å². The molecule has 1 heterocycles. The zero-order chi connectivity index (χ0) is 17.0. The van der Waals surface area contributed by atoms with Crippen LogP contribution in [0.3, 0.4) is 0 Å². The molecule has 1 N–H and O–H groups in total. The van der Waals surface area contributed by atoms with Crippen LogP contribution in [-0.4, -0.2) is 23.5 Å². The third kappa shape index (κ3) is 4.35. The number of amides is 2. The van der Waals surface area contributed by atoms with Crippen molar-refractivity contribution in [1.29, 1.82) is 0 Å². The molecule has 0 unspecified atom stereocenters. The number of anilines is 2. The van der Waals surface area contributed by atoms with Gasteiger partial charge in [-0.2, -0.15) is 0 Å². The molecule has 2 amide bonds. The Morgan fingerprint density at radius 2 is 2.00 bits per heavy atom. The third-order valence-electron chi connectivity index (χ3n) is 3.04. The van der Waals surface area contributed by atoms with E-state index in [-0.39, 0.29) is 24.6 Å². The van der Waals surface area contributed by atoms with E-state index in [1.165, 1.54) is 17.9 Å². The molecule has 0 bridgehead atoms. The van der Waals surface area contributed by atoms with Crippen molar-refractivity contribution in [2.75, 3.05) is 16.8 Å². The highest BCUT2D eigenvalue weighted by Gasteiger charge is 2.17. The first-order chi connectivity index (χ1) is 10.9. The van der Waals surface area contributed by atoms with Crippen LogP contribution in [0.1, 0.15) is 19.1 Å². The highest BCUT2D eigenvalue weighted by molar-refractivity contribution is 5.94. The predicted octanol–water partition coefficient (Wildman–Crippen LogP) is 2.64. The number of hydrogen-bond acceptors (Lipinski definition) is 4. The molecular formula is C15H15F2N3O3. The number of nitrogens with zero attached hydrogens (tertiary/aromatic N) is 2. The number of benzene rings is 1. The summed E-state index contributed by atoms with van der Waals surface area (Å²) in [5, 5.41) is 6.16. The smallest absolute Gasteiger partial charge is 0.226 e. The number of aromatic nitrogens is 1. The highest BCUT2D eigenvalue weighted by atomic mass is 19.2. The molecule has 1 aromatic heterocycles. The number of carbonyl (C=O) groups is 2. The maximum atomic E-state index is 13.1. The SMILES string of the molecule is CC(=O)N(CCC(=O)Nc1ccc(F)c(F)c1)c1cc(C)on1. The molecule has 0 aliphatic rings. The number of halogens is 2. The Hall–Kier alpha value is -2.77. The number of hydrogen-bond donors (Lipinski definition) is 1. The molecule has 0 radical (unpaired) electrons. The van der Waals surface area contributed by atoms with Crippen molar-refractivity contribution in [3.05, 3.63) is 41.7 Å². The van der Waals surface area contributed by atoms with Crippen LogP contribution in [0.5, 0.6) is 0 Å². The van der Waals surface area contributed by atoms with Crippen LogP contribution < -0.4 is 10.2 Å². The summed E-state index contributed by atoms with van der Waals surface area (Å²) in [4.78, 5) is 24.8.